The quantitative estimate of drug-likeness (QED) is 0.522. The number of hydrogen-bond acceptors (Lipinski definition) is 5. The van der Waals surface area contributed by atoms with Gasteiger partial charge in [-0.15, -0.1) is 11.3 Å². The Hall–Kier alpha value is -3.52. The average molecular weight is 395 g/mol. The molecule has 0 aliphatic rings. The van der Waals surface area contributed by atoms with E-state index in [-0.39, 0.29) is 17.2 Å². The van der Waals surface area contributed by atoms with Gasteiger partial charge in [0.15, 0.2) is 0 Å². The minimum Gasteiger partial charge on any atom is -0.322 e. The Morgan fingerprint density at radius 1 is 1.18 bits per heavy atom. The van der Waals surface area contributed by atoms with Crippen molar-refractivity contribution in [1.82, 2.24) is 4.98 Å². The molecule has 1 heterocycles. The van der Waals surface area contributed by atoms with E-state index in [2.05, 4.69) is 10.3 Å². The summed E-state index contributed by atoms with van der Waals surface area (Å²) in [5.41, 5.74) is 2.46. The first-order valence-electron chi connectivity index (χ1n) is 8.37. The summed E-state index contributed by atoms with van der Waals surface area (Å²) < 4.78 is 0.745. The van der Waals surface area contributed by atoms with Crippen molar-refractivity contribution < 1.29 is 9.72 Å². The Balaban J connectivity index is 1.89. The van der Waals surface area contributed by atoms with Crippen LogP contribution in [0.25, 0.3) is 12.2 Å². The lowest BCUT2D eigenvalue weighted by Crippen LogP contribution is -2.20. The van der Waals surface area contributed by atoms with Crippen LogP contribution in [0.3, 0.4) is 0 Å². The zero-order valence-corrected chi connectivity index (χ0v) is 16.0. The number of carbonyl (C=O) groups excluding carboxylic acids is 1. The van der Waals surface area contributed by atoms with Crippen molar-refractivity contribution in [3.05, 3.63) is 88.8 Å². The van der Waals surface area contributed by atoms with Crippen molar-refractivity contribution in [3.63, 3.8) is 0 Å². The number of nitrogens with one attached hydrogen (secondary N) is 2. The molecule has 3 aromatic rings. The van der Waals surface area contributed by atoms with Gasteiger partial charge in [-0.3, -0.25) is 19.7 Å². The van der Waals surface area contributed by atoms with Crippen LogP contribution >= 0.6 is 11.3 Å². The highest BCUT2D eigenvalue weighted by atomic mass is 32.1. The van der Waals surface area contributed by atoms with Gasteiger partial charge in [-0.05, 0) is 37.6 Å². The maximum absolute atomic E-state index is 12.1. The third-order valence-corrected chi connectivity index (χ3v) is 4.95. The van der Waals surface area contributed by atoms with E-state index in [0.717, 1.165) is 16.9 Å². The summed E-state index contributed by atoms with van der Waals surface area (Å²) in [5, 5.41) is 13.8. The summed E-state index contributed by atoms with van der Waals surface area (Å²) >= 11 is 1.10. The molecule has 2 N–H and O–H groups in total. The summed E-state index contributed by atoms with van der Waals surface area (Å²) in [7, 11) is 0. The second kappa shape index (κ2) is 8.01. The molecule has 0 spiro atoms. The number of thiazole rings is 1. The van der Waals surface area contributed by atoms with Gasteiger partial charge in [0.2, 0.25) is 0 Å². The van der Waals surface area contributed by atoms with Crippen molar-refractivity contribution in [2.75, 3.05) is 5.32 Å². The number of benzene rings is 2. The number of carbonyl (C=O) groups is 1. The van der Waals surface area contributed by atoms with Crippen LogP contribution in [0.15, 0.2) is 47.3 Å². The molecule has 2 aromatic carbocycles. The molecule has 142 valence electrons. The first-order chi connectivity index (χ1) is 13.3. The Morgan fingerprint density at radius 3 is 2.57 bits per heavy atom. The highest BCUT2D eigenvalue weighted by Crippen LogP contribution is 2.19. The fourth-order valence-electron chi connectivity index (χ4n) is 2.52. The number of nitro benzene ring substituents is 1. The monoisotopic (exact) mass is 395 g/mol. The van der Waals surface area contributed by atoms with Crippen LogP contribution in [0, 0.1) is 24.0 Å². The van der Waals surface area contributed by atoms with E-state index in [9.17, 15) is 19.7 Å². The lowest BCUT2D eigenvalue weighted by Gasteiger charge is -2.01. The number of H-pyrrole nitrogens is 1. The molecule has 0 fully saturated rings. The molecule has 28 heavy (non-hydrogen) atoms. The number of hydrogen-bond donors (Lipinski definition) is 2. The standard InChI is InChI=1S/C20H17N3O4S/c1-12-3-7-15(8-4-12)21-18(24)11-19-22-20(25)17(28-19)10-14-6-5-13(2)16(9-14)23(26)27/h3-11H,1-2H3,(H,21,24)(H,22,25)/b17-10-,19-11-. The molecule has 8 heteroatoms. The topological polar surface area (TPSA) is 105 Å². The zero-order chi connectivity index (χ0) is 20.3. The van der Waals surface area contributed by atoms with Gasteiger partial charge in [-0.1, -0.05) is 29.8 Å². The summed E-state index contributed by atoms with van der Waals surface area (Å²) in [4.78, 5) is 37.5. The molecular formula is C20H17N3O4S. The number of amides is 1. The Labute approximate surface area is 163 Å². The molecule has 7 nitrogen and oxygen atoms in total. The SMILES string of the molecule is Cc1ccc(NC(=O)/C=c2/[nH]c(=O)/c(=C/c3ccc(C)c([N+](=O)[O-])c3)s2)cc1. The van der Waals surface area contributed by atoms with Crippen molar-refractivity contribution in [3.8, 4) is 0 Å². The van der Waals surface area contributed by atoms with E-state index in [4.69, 9.17) is 0 Å². The highest BCUT2D eigenvalue weighted by molar-refractivity contribution is 7.07. The molecule has 0 saturated carbocycles. The van der Waals surface area contributed by atoms with Crippen molar-refractivity contribution in [1.29, 1.82) is 0 Å². The van der Waals surface area contributed by atoms with Gasteiger partial charge in [-0.2, -0.15) is 0 Å². The van der Waals surface area contributed by atoms with Gasteiger partial charge in [-0.25, -0.2) is 0 Å². The second-order valence-corrected chi connectivity index (χ2v) is 7.32. The Morgan fingerprint density at radius 2 is 1.89 bits per heavy atom. The van der Waals surface area contributed by atoms with Crippen LogP contribution < -0.4 is 20.1 Å². The number of aromatic amines is 1. The van der Waals surface area contributed by atoms with Crippen molar-refractivity contribution in [2.24, 2.45) is 0 Å². The number of anilines is 1. The predicted octanol–water partition coefficient (Wildman–Crippen LogP) is 2.21. The Bertz CT molecular complexity index is 1220. The van der Waals surface area contributed by atoms with Crippen molar-refractivity contribution >= 4 is 40.8 Å². The van der Waals surface area contributed by atoms with Crippen LogP contribution in [-0.4, -0.2) is 15.8 Å². The van der Waals surface area contributed by atoms with Crippen LogP contribution in [0.1, 0.15) is 16.7 Å². The first kappa shape index (κ1) is 19.2. The van der Waals surface area contributed by atoms with Gasteiger partial charge < -0.3 is 10.3 Å². The number of aryl methyl sites for hydroxylation is 2. The Kier molecular flexibility index (Phi) is 5.51. The minimum absolute atomic E-state index is 0.00834. The molecule has 0 aliphatic carbocycles. The van der Waals surface area contributed by atoms with E-state index < -0.39 is 4.92 Å². The summed E-state index contributed by atoms with van der Waals surface area (Å²) in [6, 6.07) is 12.1. The van der Waals surface area contributed by atoms with E-state index in [1.165, 1.54) is 12.1 Å². The van der Waals surface area contributed by atoms with E-state index >= 15 is 0 Å². The van der Waals surface area contributed by atoms with Gasteiger partial charge in [0.1, 0.15) is 4.66 Å². The lowest BCUT2D eigenvalue weighted by molar-refractivity contribution is -0.385. The highest BCUT2D eigenvalue weighted by Gasteiger charge is 2.10. The molecule has 0 radical (unpaired) electrons. The third-order valence-electron chi connectivity index (χ3n) is 3.99. The van der Waals surface area contributed by atoms with E-state index in [0.29, 0.717) is 26.0 Å². The van der Waals surface area contributed by atoms with E-state index in [1.54, 1.807) is 37.3 Å². The number of aromatic nitrogens is 1. The molecule has 1 amide bonds. The number of nitro groups is 1. The van der Waals surface area contributed by atoms with Crippen LogP contribution in [0.4, 0.5) is 11.4 Å². The van der Waals surface area contributed by atoms with Crippen LogP contribution in [0.5, 0.6) is 0 Å². The fourth-order valence-corrected chi connectivity index (χ4v) is 3.41. The maximum atomic E-state index is 12.1. The summed E-state index contributed by atoms with van der Waals surface area (Å²) in [5.74, 6) is -0.362. The predicted molar refractivity (Wildman–Crippen MR) is 110 cm³/mol. The molecule has 0 atom stereocenters. The smallest absolute Gasteiger partial charge is 0.272 e. The maximum Gasteiger partial charge on any atom is 0.272 e. The first-order valence-corrected chi connectivity index (χ1v) is 9.19. The average Bonchev–Trinajstić information content (AvgIpc) is 2.97. The summed E-state index contributed by atoms with van der Waals surface area (Å²) in [6.07, 6.45) is 2.87. The molecule has 0 saturated heterocycles. The number of rotatable bonds is 4. The van der Waals surface area contributed by atoms with Gasteiger partial charge in [0.05, 0.1) is 9.46 Å². The molecule has 3 rings (SSSR count). The van der Waals surface area contributed by atoms with Gasteiger partial charge in [0, 0.05) is 23.4 Å². The summed E-state index contributed by atoms with van der Waals surface area (Å²) in [6.45, 7) is 3.61. The second-order valence-electron chi connectivity index (χ2n) is 6.23. The molecule has 0 unspecified atom stereocenters. The largest absolute Gasteiger partial charge is 0.322 e. The van der Waals surface area contributed by atoms with Crippen molar-refractivity contribution in [2.45, 2.75) is 13.8 Å². The number of nitrogens with zero attached hydrogens (tertiary/aromatic N) is 1. The zero-order valence-electron chi connectivity index (χ0n) is 15.2. The fraction of sp³-hybridized carbons (Fsp3) is 0.100. The molecule has 1 aromatic heterocycles. The lowest BCUT2D eigenvalue weighted by atomic mass is 10.1. The van der Waals surface area contributed by atoms with E-state index in [1.807, 2.05) is 19.1 Å². The van der Waals surface area contributed by atoms with Gasteiger partial charge in [0.25, 0.3) is 17.2 Å². The van der Waals surface area contributed by atoms with Gasteiger partial charge >= 0.3 is 0 Å². The molecule has 0 aliphatic heterocycles. The normalized spacial score (nSPS) is 12.2. The minimum atomic E-state index is -0.458. The third kappa shape index (κ3) is 4.60. The molecule has 0 bridgehead atoms. The van der Waals surface area contributed by atoms with Crippen LogP contribution in [0.2, 0.25) is 0 Å². The molecular weight excluding hydrogens is 378 g/mol. The van der Waals surface area contributed by atoms with Crippen LogP contribution in [-0.2, 0) is 4.79 Å².